The third-order valence-electron chi connectivity index (χ3n) is 3.66. The molecule has 5 nitrogen and oxygen atoms in total. The van der Waals surface area contributed by atoms with Gasteiger partial charge in [-0.05, 0) is 28.5 Å². The lowest BCUT2D eigenvalue weighted by atomic mass is 10.0. The van der Waals surface area contributed by atoms with Gasteiger partial charge in [0.15, 0.2) is 0 Å². The van der Waals surface area contributed by atoms with E-state index in [1.165, 1.54) is 6.07 Å². The molecule has 3 aromatic carbocycles. The first kappa shape index (κ1) is 15.6. The number of carbonyl (C=O) groups excluding carboxylic acids is 1. The van der Waals surface area contributed by atoms with Crippen molar-refractivity contribution in [3.8, 4) is 0 Å². The van der Waals surface area contributed by atoms with Crippen molar-refractivity contribution in [1.82, 2.24) is 0 Å². The number of rotatable bonds is 4. The highest BCUT2D eigenvalue weighted by Crippen LogP contribution is 2.23. The molecule has 0 aromatic heterocycles. The minimum absolute atomic E-state index is 0.118. The van der Waals surface area contributed by atoms with Crippen molar-refractivity contribution in [2.45, 2.75) is 6.42 Å². The van der Waals surface area contributed by atoms with Gasteiger partial charge in [0.05, 0.1) is 11.3 Å². The summed E-state index contributed by atoms with van der Waals surface area (Å²) in [5.41, 5.74) is 0.369. The number of carbonyl (C=O) groups is 1. The summed E-state index contributed by atoms with van der Waals surface area (Å²) in [5, 5.41) is 15.3. The standard InChI is InChI=1S/C18H13FN2O3/c19-16-9-8-14(11-17(16)21(23)24)20-18(22)10-13-6-3-5-12-4-1-2-7-15(12)13/h1-9,11H,10H2,(H,20,22). The van der Waals surface area contributed by atoms with Crippen LogP contribution in [0.5, 0.6) is 0 Å². The molecule has 0 bridgehead atoms. The number of nitro benzene ring substituents is 1. The summed E-state index contributed by atoms with van der Waals surface area (Å²) < 4.78 is 13.3. The van der Waals surface area contributed by atoms with Crippen molar-refractivity contribution < 1.29 is 14.1 Å². The monoisotopic (exact) mass is 324 g/mol. The predicted octanol–water partition coefficient (Wildman–Crippen LogP) is 4.07. The van der Waals surface area contributed by atoms with Crippen LogP contribution in [0.1, 0.15) is 5.56 Å². The Morgan fingerprint density at radius 1 is 1.08 bits per heavy atom. The van der Waals surface area contributed by atoms with E-state index in [2.05, 4.69) is 5.32 Å². The number of fused-ring (bicyclic) bond motifs is 1. The van der Waals surface area contributed by atoms with Crippen LogP contribution in [0.25, 0.3) is 10.8 Å². The molecular weight excluding hydrogens is 311 g/mol. The largest absolute Gasteiger partial charge is 0.326 e. The van der Waals surface area contributed by atoms with Gasteiger partial charge in [-0.25, -0.2) is 0 Å². The Bertz CT molecular complexity index is 935. The summed E-state index contributed by atoms with van der Waals surface area (Å²) in [5.74, 6) is -1.26. The zero-order chi connectivity index (χ0) is 17.1. The molecular formula is C18H13FN2O3. The summed E-state index contributed by atoms with van der Waals surface area (Å²) in [6.45, 7) is 0. The molecule has 0 spiro atoms. The van der Waals surface area contributed by atoms with Crippen LogP contribution < -0.4 is 5.32 Å². The van der Waals surface area contributed by atoms with E-state index in [-0.39, 0.29) is 18.0 Å². The highest BCUT2D eigenvalue weighted by Gasteiger charge is 2.15. The molecule has 24 heavy (non-hydrogen) atoms. The molecule has 0 unspecified atom stereocenters. The number of hydrogen-bond donors (Lipinski definition) is 1. The van der Waals surface area contributed by atoms with E-state index in [0.717, 1.165) is 28.5 Å². The van der Waals surface area contributed by atoms with Gasteiger partial charge in [0.25, 0.3) is 0 Å². The van der Waals surface area contributed by atoms with E-state index >= 15 is 0 Å². The van der Waals surface area contributed by atoms with Crippen molar-refractivity contribution in [2.75, 3.05) is 5.32 Å². The smallest absolute Gasteiger partial charge is 0.306 e. The Morgan fingerprint density at radius 2 is 1.83 bits per heavy atom. The Hall–Kier alpha value is -3.28. The molecule has 0 atom stereocenters. The molecule has 0 aliphatic rings. The number of hydrogen-bond acceptors (Lipinski definition) is 3. The average molecular weight is 324 g/mol. The quantitative estimate of drug-likeness (QED) is 0.581. The average Bonchev–Trinajstić information content (AvgIpc) is 2.56. The molecule has 1 N–H and O–H groups in total. The summed E-state index contributed by atoms with van der Waals surface area (Å²) >= 11 is 0. The fourth-order valence-electron chi connectivity index (χ4n) is 2.56. The summed E-state index contributed by atoms with van der Waals surface area (Å²) in [6, 6.07) is 16.7. The summed E-state index contributed by atoms with van der Waals surface area (Å²) in [4.78, 5) is 22.1. The van der Waals surface area contributed by atoms with Crippen LogP contribution in [0.2, 0.25) is 0 Å². The van der Waals surface area contributed by atoms with E-state index < -0.39 is 16.4 Å². The summed E-state index contributed by atoms with van der Waals surface area (Å²) in [7, 11) is 0. The highest BCUT2D eigenvalue weighted by molar-refractivity contribution is 5.96. The van der Waals surface area contributed by atoms with Crippen LogP contribution >= 0.6 is 0 Å². The number of amides is 1. The van der Waals surface area contributed by atoms with Crippen molar-refractivity contribution >= 4 is 28.1 Å². The molecule has 0 saturated heterocycles. The molecule has 6 heteroatoms. The molecule has 0 aliphatic heterocycles. The maximum absolute atomic E-state index is 13.3. The van der Waals surface area contributed by atoms with Gasteiger partial charge in [-0.3, -0.25) is 14.9 Å². The lowest BCUT2D eigenvalue weighted by Crippen LogP contribution is -2.14. The zero-order valence-corrected chi connectivity index (χ0v) is 12.5. The molecule has 3 rings (SSSR count). The third kappa shape index (κ3) is 3.22. The van der Waals surface area contributed by atoms with E-state index in [1.807, 2.05) is 42.5 Å². The first-order valence-electron chi connectivity index (χ1n) is 7.25. The van der Waals surface area contributed by atoms with Crippen LogP contribution in [0, 0.1) is 15.9 Å². The van der Waals surface area contributed by atoms with Crippen molar-refractivity contribution in [3.63, 3.8) is 0 Å². The topological polar surface area (TPSA) is 72.2 Å². The highest BCUT2D eigenvalue weighted by atomic mass is 19.1. The van der Waals surface area contributed by atoms with Gasteiger partial charge in [-0.1, -0.05) is 42.5 Å². The molecule has 3 aromatic rings. The van der Waals surface area contributed by atoms with Gasteiger partial charge >= 0.3 is 5.69 Å². The van der Waals surface area contributed by atoms with Crippen LogP contribution in [0.3, 0.4) is 0 Å². The number of nitro groups is 1. The third-order valence-corrected chi connectivity index (χ3v) is 3.66. The van der Waals surface area contributed by atoms with Crippen LogP contribution in [-0.4, -0.2) is 10.8 Å². The van der Waals surface area contributed by atoms with E-state index in [0.29, 0.717) is 0 Å². The van der Waals surface area contributed by atoms with E-state index in [1.54, 1.807) is 0 Å². The normalized spacial score (nSPS) is 10.5. The maximum Gasteiger partial charge on any atom is 0.306 e. The molecule has 120 valence electrons. The first-order chi connectivity index (χ1) is 11.5. The second-order valence-electron chi connectivity index (χ2n) is 5.29. The Morgan fingerprint density at radius 3 is 2.62 bits per heavy atom. The minimum atomic E-state index is -0.938. The maximum atomic E-state index is 13.3. The van der Waals surface area contributed by atoms with Gasteiger partial charge in [0.2, 0.25) is 11.7 Å². The molecule has 0 saturated carbocycles. The molecule has 0 aliphatic carbocycles. The van der Waals surface area contributed by atoms with Crippen molar-refractivity contribution in [2.24, 2.45) is 0 Å². The number of nitrogens with one attached hydrogen (secondary N) is 1. The van der Waals surface area contributed by atoms with Gasteiger partial charge in [-0.2, -0.15) is 4.39 Å². The number of halogens is 1. The minimum Gasteiger partial charge on any atom is -0.326 e. The van der Waals surface area contributed by atoms with Gasteiger partial charge in [0, 0.05) is 11.8 Å². The van der Waals surface area contributed by atoms with Crippen LogP contribution in [0.4, 0.5) is 15.8 Å². The lowest BCUT2D eigenvalue weighted by molar-refractivity contribution is -0.387. The van der Waals surface area contributed by atoms with Gasteiger partial charge in [0.1, 0.15) is 0 Å². The molecule has 0 heterocycles. The van der Waals surface area contributed by atoms with E-state index in [4.69, 9.17) is 0 Å². The second kappa shape index (κ2) is 6.45. The fraction of sp³-hybridized carbons (Fsp3) is 0.0556. The Kier molecular flexibility index (Phi) is 4.20. The van der Waals surface area contributed by atoms with Crippen LogP contribution in [0.15, 0.2) is 60.7 Å². The van der Waals surface area contributed by atoms with Gasteiger partial charge in [-0.15, -0.1) is 0 Å². The van der Waals surface area contributed by atoms with Crippen molar-refractivity contribution in [3.05, 3.63) is 82.2 Å². The second-order valence-corrected chi connectivity index (χ2v) is 5.29. The van der Waals surface area contributed by atoms with E-state index in [9.17, 15) is 19.3 Å². The first-order valence-corrected chi connectivity index (χ1v) is 7.25. The summed E-state index contributed by atoms with van der Waals surface area (Å²) in [6.07, 6.45) is 0.118. The number of nitrogens with zero attached hydrogens (tertiary/aromatic N) is 1. The van der Waals surface area contributed by atoms with Crippen LogP contribution in [-0.2, 0) is 11.2 Å². The van der Waals surface area contributed by atoms with Crippen molar-refractivity contribution in [1.29, 1.82) is 0 Å². The lowest BCUT2D eigenvalue weighted by Gasteiger charge is -2.08. The number of anilines is 1. The number of benzene rings is 3. The molecule has 0 fully saturated rings. The fourth-order valence-corrected chi connectivity index (χ4v) is 2.56. The SMILES string of the molecule is O=C(Cc1cccc2ccccc12)Nc1ccc(F)c([N+](=O)[O-])c1. The van der Waals surface area contributed by atoms with Gasteiger partial charge < -0.3 is 5.32 Å². The molecule has 1 amide bonds. The Labute approximate surface area is 136 Å². The molecule has 0 radical (unpaired) electrons. The predicted molar refractivity (Wildman–Crippen MR) is 89.3 cm³/mol. The Balaban J connectivity index is 1.81. The zero-order valence-electron chi connectivity index (χ0n) is 12.5.